The Balaban J connectivity index is 1.51. The number of amides is 1. The molecule has 1 spiro atoms. The van der Waals surface area contributed by atoms with Crippen LogP contribution in [0.15, 0.2) is 42.5 Å². The lowest BCUT2D eigenvalue weighted by molar-refractivity contribution is 0.0600. The molecule has 0 bridgehead atoms. The third-order valence-electron chi connectivity index (χ3n) is 8.24. The van der Waals surface area contributed by atoms with Crippen molar-refractivity contribution >= 4 is 28.4 Å². The average molecular weight is 442 g/mol. The number of fused-ring (bicyclic) bond motifs is 3. The second-order valence-electron chi connectivity index (χ2n) is 10.4. The molecular formula is C28H31N3O2. The number of hydrogen-bond acceptors (Lipinski definition) is 3. The number of para-hydroxylation sites is 1. The second kappa shape index (κ2) is 7.75. The number of nitrogens with two attached hydrogens (primary N) is 1. The molecule has 5 nitrogen and oxygen atoms in total. The van der Waals surface area contributed by atoms with E-state index < -0.39 is 5.91 Å². The smallest absolute Gasteiger partial charge is 0.250 e. The van der Waals surface area contributed by atoms with Crippen LogP contribution in [0.3, 0.4) is 0 Å². The number of primary amides is 1. The van der Waals surface area contributed by atoms with Crippen molar-refractivity contribution in [3.63, 3.8) is 0 Å². The SMILES string of the molecule is NC(=O)c1ccc(-c2c3n(c4ccccc24)C(=O)CC2(CCC2)C3)cc1NC1CCCCC1. The van der Waals surface area contributed by atoms with Crippen LogP contribution in [0.5, 0.6) is 0 Å². The Kier molecular flexibility index (Phi) is 4.82. The van der Waals surface area contributed by atoms with Gasteiger partial charge >= 0.3 is 0 Å². The molecule has 6 rings (SSSR count). The lowest BCUT2D eigenvalue weighted by atomic mass is 9.62. The first kappa shape index (κ1) is 20.5. The van der Waals surface area contributed by atoms with Crippen molar-refractivity contribution in [1.82, 2.24) is 4.57 Å². The summed E-state index contributed by atoms with van der Waals surface area (Å²) < 4.78 is 1.96. The number of carbonyl (C=O) groups is 2. The van der Waals surface area contributed by atoms with Gasteiger partial charge in [-0.25, -0.2) is 0 Å². The van der Waals surface area contributed by atoms with E-state index in [1.807, 2.05) is 28.8 Å². The third kappa shape index (κ3) is 3.36. The number of carbonyl (C=O) groups excluding carboxylic acids is 2. The maximum absolute atomic E-state index is 13.3. The quantitative estimate of drug-likeness (QED) is 0.528. The lowest BCUT2D eigenvalue weighted by Gasteiger charge is -2.44. The van der Waals surface area contributed by atoms with Gasteiger partial charge in [0.15, 0.2) is 0 Å². The summed E-state index contributed by atoms with van der Waals surface area (Å²) in [6.07, 6.45) is 11.0. The Morgan fingerprint density at radius 1 is 1.00 bits per heavy atom. The Hall–Kier alpha value is -3.08. The highest BCUT2D eigenvalue weighted by Crippen LogP contribution is 2.52. The minimum atomic E-state index is -0.410. The molecular weight excluding hydrogens is 410 g/mol. The first-order valence-electron chi connectivity index (χ1n) is 12.4. The highest BCUT2D eigenvalue weighted by Gasteiger charge is 2.45. The molecule has 1 amide bonds. The number of aromatic nitrogens is 1. The molecule has 170 valence electrons. The topological polar surface area (TPSA) is 77.1 Å². The number of hydrogen-bond donors (Lipinski definition) is 2. The molecule has 1 aliphatic heterocycles. The van der Waals surface area contributed by atoms with Gasteiger partial charge in [0.25, 0.3) is 5.91 Å². The van der Waals surface area contributed by atoms with Gasteiger partial charge in [0.05, 0.1) is 11.1 Å². The number of anilines is 1. The van der Waals surface area contributed by atoms with Crippen LogP contribution in [-0.4, -0.2) is 22.4 Å². The summed E-state index contributed by atoms with van der Waals surface area (Å²) in [6.45, 7) is 0. The first-order valence-corrected chi connectivity index (χ1v) is 12.4. The summed E-state index contributed by atoms with van der Waals surface area (Å²) in [6, 6.07) is 14.5. The van der Waals surface area contributed by atoms with Gasteiger partial charge in [0.2, 0.25) is 5.91 Å². The van der Waals surface area contributed by atoms with E-state index in [4.69, 9.17) is 5.73 Å². The van der Waals surface area contributed by atoms with Gasteiger partial charge in [-0.1, -0.05) is 49.9 Å². The van der Waals surface area contributed by atoms with E-state index in [-0.39, 0.29) is 11.3 Å². The van der Waals surface area contributed by atoms with Crippen LogP contribution in [0.2, 0.25) is 0 Å². The fourth-order valence-electron chi connectivity index (χ4n) is 6.42. The predicted molar refractivity (Wildman–Crippen MR) is 132 cm³/mol. The average Bonchev–Trinajstić information content (AvgIpc) is 3.13. The zero-order valence-corrected chi connectivity index (χ0v) is 19.0. The molecule has 33 heavy (non-hydrogen) atoms. The molecule has 0 saturated heterocycles. The zero-order chi connectivity index (χ0) is 22.6. The summed E-state index contributed by atoms with van der Waals surface area (Å²) in [4.78, 5) is 25.5. The molecule has 2 heterocycles. The predicted octanol–water partition coefficient (Wildman–Crippen LogP) is 5.91. The van der Waals surface area contributed by atoms with E-state index in [9.17, 15) is 9.59 Å². The largest absolute Gasteiger partial charge is 0.382 e. The molecule has 1 aromatic heterocycles. The molecule has 3 aromatic rings. The van der Waals surface area contributed by atoms with E-state index in [0.29, 0.717) is 18.0 Å². The molecule has 3 N–H and O–H groups in total. The Labute approximate surface area is 194 Å². The third-order valence-corrected chi connectivity index (χ3v) is 8.24. The van der Waals surface area contributed by atoms with Crippen LogP contribution in [0.1, 0.15) is 78.6 Å². The monoisotopic (exact) mass is 441 g/mol. The van der Waals surface area contributed by atoms with Crippen molar-refractivity contribution in [2.45, 2.75) is 70.3 Å². The zero-order valence-electron chi connectivity index (χ0n) is 19.0. The van der Waals surface area contributed by atoms with Crippen LogP contribution < -0.4 is 11.1 Å². The van der Waals surface area contributed by atoms with Gasteiger partial charge in [0, 0.05) is 34.8 Å². The Morgan fingerprint density at radius 3 is 2.52 bits per heavy atom. The van der Waals surface area contributed by atoms with Crippen molar-refractivity contribution in [3.8, 4) is 11.1 Å². The summed E-state index contributed by atoms with van der Waals surface area (Å²) in [5.74, 6) is -0.195. The minimum Gasteiger partial charge on any atom is -0.382 e. The molecule has 3 aliphatic rings. The van der Waals surface area contributed by atoms with Crippen LogP contribution in [0, 0.1) is 5.41 Å². The van der Waals surface area contributed by atoms with E-state index in [2.05, 4.69) is 23.5 Å². The maximum Gasteiger partial charge on any atom is 0.250 e. The van der Waals surface area contributed by atoms with E-state index in [0.717, 1.165) is 65.5 Å². The summed E-state index contributed by atoms with van der Waals surface area (Å²) in [7, 11) is 0. The maximum atomic E-state index is 13.3. The molecule has 2 saturated carbocycles. The molecule has 0 unspecified atom stereocenters. The van der Waals surface area contributed by atoms with E-state index >= 15 is 0 Å². The van der Waals surface area contributed by atoms with Crippen LogP contribution in [-0.2, 0) is 6.42 Å². The van der Waals surface area contributed by atoms with Gasteiger partial charge in [0.1, 0.15) is 0 Å². The van der Waals surface area contributed by atoms with Crippen molar-refractivity contribution in [3.05, 3.63) is 53.7 Å². The number of nitrogens with one attached hydrogen (secondary N) is 1. The second-order valence-corrected chi connectivity index (χ2v) is 10.4. The first-order chi connectivity index (χ1) is 16.0. The molecule has 0 radical (unpaired) electrons. The standard InChI is InChI=1S/C28H31N3O2/c29-27(33)20-12-11-18(15-22(20)30-19-7-2-1-3-8-19)26-21-9-4-5-10-23(21)31-24(26)16-28(13-6-14-28)17-25(31)32/h4-5,9-12,15,19,30H,1-3,6-8,13-14,16-17H2,(H2,29,33). The molecule has 0 atom stereocenters. The Morgan fingerprint density at radius 2 is 1.79 bits per heavy atom. The van der Waals surface area contributed by atoms with Crippen molar-refractivity contribution in [2.75, 3.05) is 5.32 Å². The number of rotatable bonds is 4. The summed E-state index contributed by atoms with van der Waals surface area (Å²) in [5, 5.41) is 4.74. The van der Waals surface area contributed by atoms with Crippen molar-refractivity contribution < 1.29 is 9.59 Å². The van der Waals surface area contributed by atoms with Gasteiger partial charge in [-0.3, -0.25) is 14.2 Å². The van der Waals surface area contributed by atoms with Crippen LogP contribution >= 0.6 is 0 Å². The van der Waals surface area contributed by atoms with Gasteiger partial charge in [-0.2, -0.15) is 0 Å². The summed E-state index contributed by atoms with van der Waals surface area (Å²) >= 11 is 0. The highest BCUT2D eigenvalue weighted by atomic mass is 16.2. The van der Waals surface area contributed by atoms with E-state index in [1.54, 1.807) is 0 Å². The highest BCUT2D eigenvalue weighted by molar-refractivity contribution is 6.06. The van der Waals surface area contributed by atoms with Gasteiger partial charge < -0.3 is 11.1 Å². The van der Waals surface area contributed by atoms with Crippen LogP contribution in [0.4, 0.5) is 5.69 Å². The van der Waals surface area contributed by atoms with E-state index in [1.165, 1.54) is 25.7 Å². The number of benzene rings is 2. The minimum absolute atomic E-state index is 0.132. The van der Waals surface area contributed by atoms with Crippen LogP contribution in [0.25, 0.3) is 22.0 Å². The van der Waals surface area contributed by atoms with Gasteiger partial charge in [-0.15, -0.1) is 0 Å². The van der Waals surface area contributed by atoms with Gasteiger partial charge in [-0.05, 0) is 61.3 Å². The fourth-order valence-corrected chi connectivity index (χ4v) is 6.42. The molecule has 2 fully saturated rings. The fraction of sp³-hybridized carbons (Fsp3) is 0.429. The summed E-state index contributed by atoms with van der Waals surface area (Å²) in [5.41, 5.74) is 11.5. The molecule has 2 aromatic carbocycles. The lowest BCUT2D eigenvalue weighted by Crippen LogP contribution is -2.40. The molecule has 2 aliphatic carbocycles. The normalized spacial score (nSPS) is 19.9. The molecule has 5 heteroatoms. The van der Waals surface area contributed by atoms with Crippen molar-refractivity contribution in [2.24, 2.45) is 11.1 Å². The Bertz CT molecular complexity index is 1260. The number of nitrogens with zero attached hydrogens (tertiary/aromatic N) is 1. The van der Waals surface area contributed by atoms with Crippen molar-refractivity contribution in [1.29, 1.82) is 0 Å².